The summed E-state index contributed by atoms with van der Waals surface area (Å²) in [6.45, 7) is 4.30. The van der Waals surface area contributed by atoms with Gasteiger partial charge in [0.25, 0.3) is 0 Å². The summed E-state index contributed by atoms with van der Waals surface area (Å²) in [5, 5.41) is 11.3. The van der Waals surface area contributed by atoms with E-state index in [2.05, 4.69) is 17.9 Å². The Labute approximate surface area is 108 Å². The molecule has 1 atom stereocenters. The van der Waals surface area contributed by atoms with Crippen molar-refractivity contribution in [3.05, 3.63) is 0 Å². The second kappa shape index (κ2) is 7.55. The summed E-state index contributed by atoms with van der Waals surface area (Å²) in [5.74, 6) is -1.02. The molecule has 0 aliphatic carbocycles. The van der Waals surface area contributed by atoms with E-state index in [0.717, 1.165) is 6.42 Å². The van der Waals surface area contributed by atoms with Gasteiger partial charge in [-0.3, -0.25) is 9.59 Å². The maximum Gasteiger partial charge on any atom is 0.320 e. The second-order valence-electron chi connectivity index (χ2n) is 4.78. The zero-order valence-corrected chi connectivity index (χ0v) is 11.3. The Morgan fingerprint density at radius 1 is 1.41 bits per heavy atom. The van der Waals surface area contributed by atoms with Gasteiger partial charge in [-0.2, -0.15) is 12.6 Å². The SMILES string of the molecule is CC(C)(S)CC(=O)NCCCCC(N)C(=O)O. The summed E-state index contributed by atoms with van der Waals surface area (Å²) in [5.41, 5.74) is 5.34. The van der Waals surface area contributed by atoms with E-state index >= 15 is 0 Å². The Balaban J connectivity index is 3.52. The van der Waals surface area contributed by atoms with Crippen LogP contribution in [0.25, 0.3) is 0 Å². The highest BCUT2D eigenvalue weighted by Crippen LogP contribution is 2.16. The van der Waals surface area contributed by atoms with E-state index in [1.807, 2.05) is 13.8 Å². The van der Waals surface area contributed by atoms with Gasteiger partial charge in [-0.05, 0) is 19.3 Å². The van der Waals surface area contributed by atoms with E-state index in [4.69, 9.17) is 10.8 Å². The van der Waals surface area contributed by atoms with Crippen molar-refractivity contribution < 1.29 is 14.7 Å². The van der Waals surface area contributed by atoms with Gasteiger partial charge in [0, 0.05) is 17.7 Å². The van der Waals surface area contributed by atoms with Gasteiger partial charge in [-0.25, -0.2) is 0 Å². The molecule has 0 fully saturated rings. The van der Waals surface area contributed by atoms with Crippen LogP contribution in [0.15, 0.2) is 0 Å². The van der Waals surface area contributed by atoms with Gasteiger partial charge in [0.05, 0.1) is 0 Å². The van der Waals surface area contributed by atoms with Crippen LogP contribution in [0.4, 0.5) is 0 Å². The molecule has 1 unspecified atom stereocenters. The minimum atomic E-state index is -0.981. The van der Waals surface area contributed by atoms with Crippen LogP contribution in [0.3, 0.4) is 0 Å². The summed E-state index contributed by atoms with van der Waals surface area (Å²) >= 11 is 4.26. The number of aliphatic carboxylic acids is 1. The summed E-state index contributed by atoms with van der Waals surface area (Å²) in [7, 11) is 0. The van der Waals surface area contributed by atoms with Crippen LogP contribution in [0.1, 0.15) is 39.5 Å². The first kappa shape index (κ1) is 16.2. The van der Waals surface area contributed by atoms with E-state index in [-0.39, 0.29) is 10.7 Å². The van der Waals surface area contributed by atoms with Crippen molar-refractivity contribution in [2.24, 2.45) is 5.73 Å². The van der Waals surface area contributed by atoms with E-state index in [9.17, 15) is 9.59 Å². The Morgan fingerprint density at radius 3 is 2.47 bits per heavy atom. The number of carboxylic acid groups (broad SMARTS) is 1. The Kier molecular flexibility index (Phi) is 7.22. The Morgan fingerprint density at radius 2 is 2.00 bits per heavy atom. The first-order valence-electron chi connectivity index (χ1n) is 5.70. The lowest BCUT2D eigenvalue weighted by atomic mass is 10.1. The lowest BCUT2D eigenvalue weighted by molar-refractivity contribution is -0.138. The number of carboxylic acids is 1. The highest BCUT2D eigenvalue weighted by atomic mass is 32.1. The average molecular weight is 262 g/mol. The van der Waals surface area contributed by atoms with Crippen molar-refractivity contribution in [3.63, 3.8) is 0 Å². The molecule has 100 valence electrons. The lowest BCUT2D eigenvalue weighted by Gasteiger charge is -2.16. The number of unbranched alkanes of at least 4 members (excludes halogenated alkanes) is 1. The monoisotopic (exact) mass is 262 g/mol. The molecule has 0 aliphatic heterocycles. The Hall–Kier alpha value is -0.750. The summed E-state index contributed by atoms with van der Waals surface area (Å²) in [6, 6.07) is -0.804. The molecule has 0 saturated carbocycles. The Bertz CT molecular complexity index is 264. The molecular weight excluding hydrogens is 240 g/mol. The first-order valence-corrected chi connectivity index (χ1v) is 6.14. The third-order valence-electron chi connectivity index (χ3n) is 2.17. The summed E-state index contributed by atoms with van der Waals surface area (Å²) < 4.78 is -0.310. The molecule has 0 heterocycles. The van der Waals surface area contributed by atoms with Crippen LogP contribution < -0.4 is 11.1 Å². The van der Waals surface area contributed by atoms with Gasteiger partial charge in [0.2, 0.25) is 5.91 Å². The number of thiol groups is 1. The highest BCUT2D eigenvalue weighted by molar-refractivity contribution is 7.81. The van der Waals surface area contributed by atoms with E-state index < -0.39 is 12.0 Å². The molecule has 6 heteroatoms. The normalized spacial score (nSPS) is 13.2. The molecule has 0 aromatic rings. The largest absolute Gasteiger partial charge is 0.480 e. The van der Waals surface area contributed by atoms with E-state index in [1.54, 1.807) is 0 Å². The van der Waals surface area contributed by atoms with E-state index in [0.29, 0.717) is 25.8 Å². The van der Waals surface area contributed by atoms with Gasteiger partial charge in [-0.1, -0.05) is 13.8 Å². The molecule has 0 saturated heterocycles. The van der Waals surface area contributed by atoms with Gasteiger partial charge < -0.3 is 16.2 Å². The van der Waals surface area contributed by atoms with Crippen LogP contribution in [0.5, 0.6) is 0 Å². The molecule has 0 aliphatic rings. The topological polar surface area (TPSA) is 92.4 Å². The molecule has 17 heavy (non-hydrogen) atoms. The second-order valence-corrected chi connectivity index (χ2v) is 5.99. The number of rotatable bonds is 8. The van der Waals surface area contributed by atoms with Crippen LogP contribution in [0, 0.1) is 0 Å². The number of hydrogen-bond donors (Lipinski definition) is 4. The molecule has 0 aromatic carbocycles. The van der Waals surface area contributed by atoms with Gasteiger partial charge in [0.15, 0.2) is 0 Å². The molecule has 0 spiro atoms. The molecule has 5 nitrogen and oxygen atoms in total. The maximum absolute atomic E-state index is 11.4. The third kappa shape index (κ3) is 10.1. The fourth-order valence-electron chi connectivity index (χ4n) is 1.30. The van der Waals surface area contributed by atoms with Crippen molar-refractivity contribution in [1.29, 1.82) is 0 Å². The summed E-state index contributed by atoms with van der Waals surface area (Å²) in [6.07, 6.45) is 2.23. The highest BCUT2D eigenvalue weighted by Gasteiger charge is 2.16. The van der Waals surface area contributed by atoms with Crippen molar-refractivity contribution in [3.8, 4) is 0 Å². The van der Waals surface area contributed by atoms with Crippen LogP contribution in [-0.4, -0.2) is 34.3 Å². The van der Waals surface area contributed by atoms with Crippen molar-refractivity contribution in [2.75, 3.05) is 6.54 Å². The fraction of sp³-hybridized carbons (Fsp3) is 0.818. The minimum absolute atomic E-state index is 0.0347. The fourth-order valence-corrected chi connectivity index (χ4v) is 1.44. The van der Waals surface area contributed by atoms with Gasteiger partial charge in [0.1, 0.15) is 6.04 Å². The maximum atomic E-state index is 11.4. The standard InChI is InChI=1S/C11H22N2O3S/c1-11(2,17)7-9(14)13-6-4-3-5-8(12)10(15)16/h8,17H,3-7,12H2,1-2H3,(H,13,14)(H,15,16). The van der Waals surface area contributed by atoms with Crippen molar-refractivity contribution in [1.82, 2.24) is 5.32 Å². The molecular formula is C11H22N2O3S. The van der Waals surface area contributed by atoms with Crippen molar-refractivity contribution in [2.45, 2.75) is 50.3 Å². The average Bonchev–Trinajstić information content (AvgIpc) is 2.13. The number of carbonyl (C=O) groups excluding carboxylic acids is 1. The predicted octanol–water partition coefficient (Wildman–Crippen LogP) is 0.783. The number of amides is 1. The third-order valence-corrected chi connectivity index (χ3v) is 2.33. The lowest BCUT2D eigenvalue weighted by Crippen LogP contribution is -2.31. The van der Waals surface area contributed by atoms with Crippen LogP contribution in [0.2, 0.25) is 0 Å². The molecule has 4 N–H and O–H groups in total. The zero-order valence-electron chi connectivity index (χ0n) is 10.4. The predicted molar refractivity (Wildman–Crippen MR) is 70.2 cm³/mol. The summed E-state index contributed by atoms with van der Waals surface area (Å²) in [4.78, 5) is 21.8. The quantitative estimate of drug-likeness (QED) is 0.384. The number of carbonyl (C=O) groups is 2. The van der Waals surface area contributed by atoms with Gasteiger partial charge >= 0.3 is 5.97 Å². The number of nitrogens with two attached hydrogens (primary N) is 1. The molecule has 0 aromatic heterocycles. The van der Waals surface area contributed by atoms with Crippen molar-refractivity contribution >= 4 is 24.5 Å². The number of hydrogen-bond acceptors (Lipinski definition) is 4. The van der Waals surface area contributed by atoms with Gasteiger partial charge in [-0.15, -0.1) is 0 Å². The van der Waals surface area contributed by atoms with Crippen LogP contribution >= 0.6 is 12.6 Å². The smallest absolute Gasteiger partial charge is 0.320 e. The molecule has 0 rings (SSSR count). The number of nitrogens with one attached hydrogen (secondary N) is 1. The minimum Gasteiger partial charge on any atom is -0.480 e. The van der Waals surface area contributed by atoms with E-state index in [1.165, 1.54) is 0 Å². The molecule has 0 bridgehead atoms. The van der Waals surface area contributed by atoms with Crippen LogP contribution in [-0.2, 0) is 9.59 Å². The molecule has 0 radical (unpaired) electrons. The molecule has 1 amide bonds. The first-order chi connectivity index (χ1) is 7.72. The zero-order chi connectivity index (χ0) is 13.5.